The van der Waals surface area contributed by atoms with E-state index in [1.165, 1.54) is 0 Å². The van der Waals surface area contributed by atoms with Crippen molar-refractivity contribution in [2.24, 2.45) is 5.10 Å². The second kappa shape index (κ2) is 10.0. The summed E-state index contributed by atoms with van der Waals surface area (Å²) in [7, 11) is 0. The van der Waals surface area contributed by atoms with Gasteiger partial charge in [0.1, 0.15) is 11.3 Å². The van der Waals surface area contributed by atoms with Crippen LogP contribution in [0.1, 0.15) is 62.5 Å². The highest BCUT2D eigenvalue weighted by molar-refractivity contribution is 9.10. The number of hydrazone groups is 1. The van der Waals surface area contributed by atoms with Gasteiger partial charge < -0.3 is 14.2 Å². The average molecular weight is 562 g/mol. The Morgan fingerprint density at radius 3 is 2.65 bits per heavy atom. The minimum Gasteiger partial charge on any atom is -0.464 e. The number of benzene rings is 2. The van der Waals surface area contributed by atoms with Crippen molar-refractivity contribution in [3.8, 4) is 0 Å². The normalized spacial score (nSPS) is 14.1. The number of aryl methyl sites for hydroxylation is 4. The molecular weight excluding hydrogens is 534 g/mol. The van der Waals surface area contributed by atoms with E-state index in [0.29, 0.717) is 18.5 Å². The molecule has 2 amide bonds. The molecular formula is C29H28BrN3O4. The molecule has 190 valence electrons. The van der Waals surface area contributed by atoms with E-state index >= 15 is 0 Å². The van der Waals surface area contributed by atoms with Crippen LogP contribution >= 0.6 is 15.9 Å². The van der Waals surface area contributed by atoms with Crippen molar-refractivity contribution in [1.29, 1.82) is 0 Å². The van der Waals surface area contributed by atoms with Crippen molar-refractivity contribution in [2.45, 2.75) is 53.4 Å². The van der Waals surface area contributed by atoms with Gasteiger partial charge >= 0.3 is 0 Å². The van der Waals surface area contributed by atoms with Crippen molar-refractivity contribution in [3.05, 3.63) is 86.0 Å². The second-order valence-corrected chi connectivity index (χ2v) is 10.5. The lowest BCUT2D eigenvalue weighted by atomic mass is 9.93. The zero-order valence-corrected chi connectivity index (χ0v) is 22.8. The predicted octanol–water partition coefficient (Wildman–Crippen LogP) is 6.67. The van der Waals surface area contributed by atoms with Gasteiger partial charge in [-0.2, -0.15) is 5.10 Å². The van der Waals surface area contributed by atoms with E-state index in [0.717, 1.165) is 66.7 Å². The van der Waals surface area contributed by atoms with E-state index in [-0.39, 0.29) is 24.0 Å². The summed E-state index contributed by atoms with van der Waals surface area (Å²) in [6, 6.07) is 9.78. The Morgan fingerprint density at radius 1 is 1.05 bits per heavy atom. The summed E-state index contributed by atoms with van der Waals surface area (Å²) >= 11 is 3.50. The molecule has 0 saturated heterocycles. The first kappa shape index (κ1) is 25.0. The first-order valence-electron chi connectivity index (χ1n) is 12.2. The number of nitrogens with one attached hydrogen (secondary N) is 2. The predicted molar refractivity (Wildman–Crippen MR) is 147 cm³/mol. The van der Waals surface area contributed by atoms with Crippen LogP contribution in [0.15, 0.2) is 55.0 Å². The van der Waals surface area contributed by atoms with Gasteiger partial charge in [-0.15, -0.1) is 0 Å². The third kappa shape index (κ3) is 4.98. The zero-order valence-electron chi connectivity index (χ0n) is 21.3. The molecule has 1 aliphatic rings. The quantitative estimate of drug-likeness (QED) is 0.266. The second-order valence-electron chi connectivity index (χ2n) is 9.63. The van der Waals surface area contributed by atoms with Gasteiger partial charge in [-0.25, -0.2) is 5.43 Å². The van der Waals surface area contributed by atoms with Crippen molar-refractivity contribution < 1.29 is 18.4 Å². The molecule has 0 fully saturated rings. The fourth-order valence-corrected chi connectivity index (χ4v) is 5.59. The van der Waals surface area contributed by atoms with Crippen LogP contribution in [0.25, 0.3) is 11.0 Å². The SMILES string of the molecule is Cc1ccc(NC(=O)c2oc3c(c2C)/C(=N/NC(=O)Cc2coc4cc(C)cc(C)c24)CCC3)c(Br)c1. The molecule has 0 unspecified atom stereocenters. The van der Waals surface area contributed by atoms with Gasteiger partial charge in [-0.05, 0) is 91.4 Å². The zero-order chi connectivity index (χ0) is 26.3. The standard InChI is InChI=1S/C29H28BrN3O4/c1-15-8-9-21(20(30)11-15)31-29(35)28-18(4)27-22(6-5-7-23(27)37-28)32-33-25(34)13-19-14-36-24-12-16(2)10-17(3)26(19)24/h8-12,14H,5-7,13H2,1-4H3,(H,31,35)(H,33,34)/b32-22+. The van der Waals surface area contributed by atoms with Gasteiger partial charge in [0.2, 0.25) is 5.91 Å². The highest BCUT2D eigenvalue weighted by atomic mass is 79.9. The molecule has 0 spiro atoms. The Bertz CT molecular complexity index is 1580. The summed E-state index contributed by atoms with van der Waals surface area (Å²) in [5.41, 5.74) is 10.5. The number of carbonyl (C=O) groups is 2. The molecule has 0 radical (unpaired) electrons. The Morgan fingerprint density at radius 2 is 1.86 bits per heavy atom. The molecule has 2 heterocycles. The number of halogens is 1. The smallest absolute Gasteiger partial charge is 0.291 e. The van der Waals surface area contributed by atoms with Gasteiger partial charge in [-0.1, -0.05) is 12.1 Å². The van der Waals surface area contributed by atoms with E-state index in [1.54, 1.807) is 6.26 Å². The molecule has 2 N–H and O–H groups in total. The molecule has 37 heavy (non-hydrogen) atoms. The summed E-state index contributed by atoms with van der Waals surface area (Å²) in [5, 5.41) is 8.34. The van der Waals surface area contributed by atoms with Crippen LogP contribution in [0.5, 0.6) is 0 Å². The van der Waals surface area contributed by atoms with E-state index in [9.17, 15) is 9.59 Å². The van der Waals surface area contributed by atoms with Crippen molar-refractivity contribution in [3.63, 3.8) is 0 Å². The summed E-state index contributed by atoms with van der Waals surface area (Å²) in [4.78, 5) is 25.8. The summed E-state index contributed by atoms with van der Waals surface area (Å²) in [5.74, 6) is 0.425. The number of furan rings is 2. The highest BCUT2D eigenvalue weighted by Crippen LogP contribution is 2.31. The van der Waals surface area contributed by atoms with E-state index in [2.05, 4.69) is 37.8 Å². The van der Waals surface area contributed by atoms with Gasteiger partial charge in [0.15, 0.2) is 5.76 Å². The van der Waals surface area contributed by atoms with Crippen molar-refractivity contribution >= 4 is 50.1 Å². The van der Waals surface area contributed by atoms with E-state index < -0.39 is 0 Å². The van der Waals surface area contributed by atoms with Crippen LogP contribution in [-0.4, -0.2) is 17.5 Å². The Balaban J connectivity index is 1.34. The fraction of sp³-hybridized carbons (Fsp3) is 0.276. The lowest BCUT2D eigenvalue weighted by molar-refractivity contribution is -0.120. The van der Waals surface area contributed by atoms with Crippen LogP contribution in [0.4, 0.5) is 5.69 Å². The van der Waals surface area contributed by atoms with Crippen LogP contribution in [0, 0.1) is 27.7 Å². The third-order valence-electron chi connectivity index (χ3n) is 6.66. The number of hydrogen-bond donors (Lipinski definition) is 2. The molecule has 0 bridgehead atoms. The molecule has 0 aliphatic heterocycles. The Kier molecular flexibility index (Phi) is 6.77. The molecule has 2 aromatic carbocycles. The van der Waals surface area contributed by atoms with E-state index in [1.807, 2.05) is 52.0 Å². The van der Waals surface area contributed by atoms with Gasteiger partial charge in [0.25, 0.3) is 5.91 Å². The number of amides is 2. The minimum absolute atomic E-state index is 0.157. The number of anilines is 1. The van der Waals surface area contributed by atoms with Crippen LogP contribution in [0.3, 0.4) is 0 Å². The van der Waals surface area contributed by atoms with E-state index in [4.69, 9.17) is 8.83 Å². The maximum atomic E-state index is 13.1. The van der Waals surface area contributed by atoms with Crippen LogP contribution in [-0.2, 0) is 17.6 Å². The molecule has 2 aromatic heterocycles. The number of rotatable bonds is 5. The lowest BCUT2D eigenvalue weighted by Gasteiger charge is -2.13. The van der Waals surface area contributed by atoms with Crippen molar-refractivity contribution in [2.75, 3.05) is 5.32 Å². The molecule has 5 rings (SSSR count). The summed E-state index contributed by atoms with van der Waals surface area (Å²) in [6.45, 7) is 7.87. The first-order valence-corrected chi connectivity index (χ1v) is 13.0. The minimum atomic E-state index is -0.322. The number of carbonyl (C=O) groups excluding carboxylic acids is 2. The Labute approximate surface area is 223 Å². The van der Waals surface area contributed by atoms with Crippen LogP contribution < -0.4 is 10.7 Å². The largest absolute Gasteiger partial charge is 0.464 e. The first-order chi connectivity index (χ1) is 17.7. The van der Waals surface area contributed by atoms with Crippen LogP contribution in [0.2, 0.25) is 0 Å². The molecule has 7 nitrogen and oxygen atoms in total. The molecule has 8 heteroatoms. The number of fused-ring (bicyclic) bond motifs is 2. The Hall–Kier alpha value is -3.65. The lowest BCUT2D eigenvalue weighted by Crippen LogP contribution is -2.23. The van der Waals surface area contributed by atoms with Gasteiger partial charge in [0.05, 0.1) is 24.1 Å². The summed E-state index contributed by atoms with van der Waals surface area (Å²) < 4.78 is 12.5. The fourth-order valence-electron chi connectivity index (χ4n) is 5.00. The summed E-state index contributed by atoms with van der Waals surface area (Å²) in [6.07, 6.45) is 4.02. The monoisotopic (exact) mass is 561 g/mol. The molecule has 1 aliphatic carbocycles. The number of nitrogens with zero attached hydrogens (tertiary/aromatic N) is 1. The number of hydrogen-bond acceptors (Lipinski definition) is 5. The topological polar surface area (TPSA) is 96.8 Å². The third-order valence-corrected chi connectivity index (χ3v) is 7.32. The molecule has 0 atom stereocenters. The maximum absolute atomic E-state index is 13.1. The maximum Gasteiger partial charge on any atom is 0.291 e. The van der Waals surface area contributed by atoms with Crippen molar-refractivity contribution in [1.82, 2.24) is 5.43 Å². The molecule has 4 aromatic rings. The average Bonchev–Trinajstić information content (AvgIpc) is 3.40. The molecule has 0 saturated carbocycles. The highest BCUT2D eigenvalue weighted by Gasteiger charge is 2.28. The van der Waals surface area contributed by atoms with Gasteiger partial charge in [-0.3, -0.25) is 9.59 Å². The van der Waals surface area contributed by atoms with Gasteiger partial charge in [0, 0.05) is 33.0 Å².